The lowest BCUT2D eigenvalue weighted by atomic mass is 9.99. The third-order valence-corrected chi connectivity index (χ3v) is 6.39. The zero-order chi connectivity index (χ0) is 29.9. The second kappa shape index (κ2) is 15.2. The summed E-state index contributed by atoms with van der Waals surface area (Å²) in [5.74, 6) is -2.65. The number of carbonyl (C=O) groups is 5. The summed E-state index contributed by atoms with van der Waals surface area (Å²) in [4.78, 5) is 67.3. The summed E-state index contributed by atoms with van der Waals surface area (Å²) in [6.45, 7) is 8.05. The predicted molar refractivity (Wildman–Crippen MR) is 151 cm³/mol. The molecule has 0 bridgehead atoms. The highest BCUT2D eigenvalue weighted by Gasteiger charge is 2.35. The van der Waals surface area contributed by atoms with Gasteiger partial charge in [0, 0.05) is 6.54 Å². The number of ether oxygens (including phenoxy) is 1. The van der Waals surface area contributed by atoms with Crippen molar-refractivity contribution in [3.8, 4) is 5.75 Å². The number of hydrogen-bond acceptors (Lipinski definition) is 7. The van der Waals surface area contributed by atoms with Crippen molar-refractivity contribution in [1.82, 2.24) is 31.5 Å². The number of carbonyl (C=O) groups excluding carboxylic acids is 5. The molecule has 1 aromatic rings. The molecular formula is C28H44N6O6. The first kappa shape index (κ1) is 32.5. The molecule has 2 rings (SSSR count). The zero-order valence-electron chi connectivity index (χ0n) is 24.4. The maximum atomic E-state index is 13.2. The molecule has 0 aromatic heterocycles. The summed E-state index contributed by atoms with van der Waals surface area (Å²) in [6, 6.07) is 4.47. The Labute approximate surface area is 236 Å². The molecule has 0 unspecified atom stereocenters. The van der Waals surface area contributed by atoms with Crippen LogP contribution in [-0.4, -0.2) is 92.4 Å². The molecule has 0 saturated heterocycles. The van der Waals surface area contributed by atoms with Gasteiger partial charge in [0.1, 0.15) is 30.0 Å². The maximum Gasteiger partial charge on any atom is 0.255 e. The average Bonchev–Trinajstić information content (AvgIpc) is 2.87. The van der Waals surface area contributed by atoms with Crippen LogP contribution in [0.2, 0.25) is 0 Å². The molecule has 222 valence electrons. The number of benzene rings is 1. The Balaban J connectivity index is 2.31. The normalized spacial score (nSPS) is 20.8. The van der Waals surface area contributed by atoms with Crippen molar-refractivity contribution < 1.29 is 28.7 Å². The lowest BCUT2D eigenvalue weighted by Crippen LogP contribution is -2.60. The van der Waals surface area contributed by atoms with Gasteiger partial charge in [0.2, 0.25) is 23.6 Å². The molecule has 2 atom stereocenters. The fourth-order valence-electron chi connectivity index (χ4n) is 4.06. The van der Waals surface area contributed by atoms with E-state index in [1.54, 1.807) is 38.1 Å². The zero-order valence-corrected chi connectivity index (χ0v) is 24.4. The van der Waals surface area contributed by atoms with Gasteiger partial charge in [-0.3, -0.25) is 24.0 Å². The Hall–Kier alpha value is -3.67. The molecule has 0 fully saturated rings. The SMILES string of the molecule is CC(C)[C@H]1NC(=O)C(C)(C)NC(=O)C[C@@H](C(=O)NCCCCN(C)C)NC(=O)c2ccccc2OCCNC1=O. The van der Waals surface area contributed by atoms with Crippen LogP contribution >= 0.6 is 0 Å². The highest BCUT2D eigenvalue weighted by atomic mass is 16.5. The van der Waals surface area contributed by atoms with E-state index in [1.807, 2.05) is 19.0 Å². The number of hydrogen-bond donors (Lipinski definition) is 5. The molecule has 0 saturated carbocycles. The second-order valence-electron chi connectivity index (χ2n) is 11.0. The minimum atomic E-state index is -1.40. The number of para-hydroxylation sites is 1. The van der Waals surface area contributed by atoms with E-state index in [4.69, 9.17) is 4.74 Å². The number of fused-ring (bicyclic) bond motifs is 1. The molecule has 5 N–H and O–H groups in total. The van der Waals surface area contributed by atoms with Crippen LogP contribution in [-0.2, 0) is 19.2 Å². The molecule has 12 nitrogen and oxygen atoms in total. The van der Waals surface area contributed by atoms with Gasteiger partial charge in [-0.1, -0.05) is 26.0 Å². The number of unbranched alkanes of at least 4 members (excludes halogenated alkanes) is 1. The molecule has 5 amide bonds. The third-order valence-electron chi connectivity index (χ3n) is 6.39. The van der Waals surface area contributed by atoms with E-state index in [0.717, 1.165) is 19.4 Å². The topological polar surface area (TPSA) is 158 Å². The molecule has 1 aliphatic heterocycles. The molecule has 0 aliphatic carbocycles. The number of nitrogens with zero attached hydrogens (tertiary/aromatic N) is 1. The summed E-state index contributed by atoms with van der Waals surface area (Å²) in [6.07, 6.45) is 1.20. The largest absolute Gasteiger partial charge is 0.491 e. The Bertz CT molecular complexity index is 1060. The summed E-state index contributed by atoms with van der Waals surface area (Å²) in [5, 5.41) is 13.5. The first-order chi connectivity index (χ1) is 18.8. The van der Waals surface area contributed by atoms with Crippen molar-refractivity contribution >= 4 is 29.5 Å². The fourth-order valence-corrected chi connectivity index (χ4v) is 4.06. The predicted octanol–water partition coefficient (Wildman–Crippen LogP) is 0.177. The van der Waals surface area contributed by atoms with Crippen molar-refractivity contribution in [2.45, 2.75) is 64.6 Å². The molecule has 1 aromatic carbocycles. The molecule has 0 radical (unpaired) electrons. The van der Waals surface area contributed by atoms with Crippen molar-refractivity contribution in [3.05, 3.63) is 29.8 Å². The van der Waals surface area contributed by atoms with Crippen LogP contribution in [0.5, 0.6) is 5.75 Å². The quantitative estimate of drug-likeness (QED) is 0.298. The van der Waals surface area contributed by atoms with E-state index in [2.05, 4.69) is 26.6 Å². The van der Waals surface area contributed by atoms with E-state index < -0.39 is 53.6 Å². The maximum absolute atomic E-state index is 13.2. The number of nitrogens with one attached hydrogen (secondary N) is 5. The fraction of sp³-hybridized carbons (Fsp3) is 0.607. The van der Waals surface area contributed by atoms with Crippen LogP contribution < -0.4 is 31.3 Å². The van der Waals surface area contributed by atoms with Gasteiger partial charge in [-0.15, -0.1) is 0 Å². The first-order valence-corrected chi connectivity index (χ1v) is 13.7. The van der Waals surface area contributed by atoms with Crippen molar-refractivity contribution in [3.63, 3.8) is 0 Å². The van der Waals surface area contributed by atoms with E-state index in [1.165, 1.54) is 13.8 Å². The molecule has 0 spiro atoms. The Morgan fingerprint density at radius 3 is 2.48 bits per heavy atom. The summed E-state index contributed by atoms with van der Waals surface area (Å²) in [5.41, 5.74) is -1.22. The van der Waals surface area contributed by atoms with E-state index in [-0.39, 0.29) is 30.4 Å². The molecule has 1 heterocycles. The average molecular weight is 561 g/mol. The van der Waals surface area contributed by atoms with Crippen LogP contribution in [0.25, 0.3) is 0 Å². The van der Waals surface area contributed by atoms with Gasteiger partial charge in [-0.2, -0.15) is 0 Å². The lowest BCUT2D eigenvalue weighted by molar-refractivity contribution is -0.136. The Morgan fingerprint density at radius 2 is 1.80 bits per heavy atom. The Morgan fingerprint density at radius 1 is 1.10 bits per heavy atom. The summed E-state index contributed by atoms with van der Waals surface area (Å²) < 4.78 is 5.76. The van der Waals surface area contributed by atoms with E-state index in [9.17, 15) is 24.0 Å². The van der Waals surface area contributed by atoms with Crippen molar-refractivity contribution in [2.24, 2.45) is 5.92 Å². The molecule has 1 aliphatic rings. The smallest absolute Gasteiger partial charge is 0.255 e. The molecule has 40 heavy (non-hydrogen) atoms. The van der Waals surface area contributed by atoms with Crippen LogP contribution in [0.4, 0.5) is 0 Å². The standard InChI is InChI=1S/C28H44N6O6/c1-18(2)23-26(38)30-14-16-40-21-12-8-7-11-19(21)24(36)31-20(25(37)29-13-9-10-15-34(5)6)17-22(35)33-28(3,4)27(39)32-23/h7-8,11-12,18,20,23H,9-10,13-17H2,1-6H3,(H,29,37)(H,30,38)(H,31,36)(H,32,39)(H,33,35)/t20-,23+/m0/s1. The third kappa shape index (κ3) is 10.1. The van der Waals surface area contributed by atoms with E-state index in [0.29, 0.717) is 6.54 Å². The van der Waals surface area contributed by atoms with Crippen LogP contribution in [0.1, 0.15) is 57.3 Å². The van der Waals surface area contributed by atoms with Gasteiger partial charge in [-0.25, -0.2) is 0 Å². The van der Waals surface area contributed by atoms with Crippen molar-refractivity contribution in [2.75, 3.05) is 40.3 Å². The number of rotatable bonds is 7. The minimum Gasteiger partial charge on any atom is -0.491 e. The van der Waals surface area contributed by atoms with Crippen LogP contribution in [0, 0.1) is 5.92 Å². The van der Waals surface area contributed by atoms with Gasteiger partial charge in [0.05, 0.1) is 18.5 Å². The molecule has 12 heteroatoms. The monoisotopic (exact) mass is 560 g/mol. The minimum absolute atomic E-state index is 0.0667. The van der Waals surface area contributed by atoms with Gasteiger partial charge < -0.3 is 36.2 Å². The summed E-state index contributed by atoms with van der Waals surface area (Å²) >= 11 is 0. The molecular weight excluding hydrogens is 516 g/mol. The highest BCUT2D eigenvalue weighted by Crippen LogP contribution is 2.18. The van der Waals surface area contributed by atoms with Crippen molar-refractivity contribution in [1.29, 1.82) is 0 Å². The van der Waals surface area contributed by atoms with Crippen LogP contribution in [0.3, 0.4) is 0 Å². The van der Waals surface area contributed by atoms with Gasteiger partial charge >= 0.3 is 0 Å². The second-order valence-corrected chi connectivity index (χ2v) is 11.0. The Kier molecular flexibility index (Phi) is 12.4. The summed E-state index contributed by atoms with van der Waals surface area (Å²) in [7, 11) is 3.93. The lowest BCUT2D eigenvalue weighted by Gasteiger charge is -2.30. The van der Waals surface area contributed by atoms with E-state index >= 15 is 0 Å². The first-order valence-electron chi connectivity index (χ1n) is 13.7. The highest BCUT2D eigenvalue weighted by molar-refractivity contribution is 6.01. The van der Waals surface area contributed by atoms with Gasteiger partial charge in [0.15, 0.2) is 0 Å². The van der Waals surface area contributed by atoms with Gasteiger partial charge in [-0.05, 0) is 65.4 Å². The van der Waals surface area contributed by atoms with Gasteiger partial charge in [0.25, 0.3) is 5.91 Å². The van der Waals surface area contributed by atoms with Crippen LogP contribution in [0.15, 0.2) is 24.3 Å². The number of amides is 5.